The van der Waals surface area contributed by atoms with Crippen molar-refractivity contribution in [2.75, 3.05) is 0 Å². The van der Waals surface area contributed by atoms with Crippen LogP contribution in [-0.2, 0) is 4.79 Å². The number of thiazole rings is 1. The Morgan fingerprint density at radius 2 is 2.17 bits per heavy atom. The molecule has 0 spiro atoms. The van der Waals surface area contributed by atoms with E-state index in [1.165, 1.54) is 21.9 Å². The van der Waals surface area contributed by atoms with E-state index in [1.807, 2.05) is 6.92 Å². The summed E-state index contributed by atoms with van der Waals surface area (Å²) in [5.41, 5.74) is 0.0560. The molecule has 7 nitrogen and oxygen atoms in total. The molecule has 0 saturated heterocycles. The highest BCUT2D eigenvalue weighted by molar-refractivity contribution is 7.17. The predicted octanol–water partition coefficient (Wildman–Crippen LogP) is 1.52. The molecule has 1 atom stereocenters. The fourth-order valence-electron chi connectivity index (χ4n) is 2.06. The number of aryl methyl sites for hydroxylation is 2. The lowest BCUT2D eigenvalue weighted by Crippen LogP contribution is -2.42. The average Bonchev–Trinajstić information content (AvgIpc) is 2.79. The molecule has 8 heteroatoms. The summed E-state index contributed by atoms with van der Waals surface area (Å²) in [5.74, 6) is -1.90. The number of carbonyl (C=O) groups is 2. The number of rotatable bonds is 5. The minimum atomic E-state index is -1.16. The van der Waals surface area contributed by atoms with E-state index in [4.69, 9.17) is 5.11 Å². The van der Waals surface area contributed by atoms with Crippen LogP contribution in [0.15, 0.2) is 23.1 Å². The van der Waals surface area contributed by atoms with Crippen LogP contribution in [0.25, 0.3) is 4.96 Å². The van der Waals surface area contributed by atoms with Gasteiger partial charge < -0.3 is 10.4 Å². The van der Waals surface area contributed by atoms with Crippen molar-refractivity contribution in [2.24, 2.45) is 0 Å². The van der Waals surface area contributed by atoms with Crippen molar-refractivity contribution < 1.29 is 14.7 Å². The summed E-state index contributed by atoms with van der Waals surface area (Å²) in [6.45, 7) is 5.40. The molecular weight excluding hydrogens is 318 g/mol. The minimum absolute atomic E-state index is 0.144. The van der Waals surface area contributed by atoms with E-state index in [-0.39, 0.29) is 12.0 Å². The third-order valence-corrected chi connectivity index (χ3v) is 4.55. The molecule has 122 valence electrons. The summed E-state index contributed by atoms with van der Waals surface area (Å²) in [7, 11) is 0. The van der Waals surface area contributed by atoms with Gasteiger partial charge in [0.15, 0.2) is 4.96 Å². The van der Waals surface area contributed by atoms with Crippen LogP contribution in [-0.4, -0.2) is 32.4 Å². The normalized spacial score (nSPS) is 12.7. The highest BCUT2D eigenvalue weighted by Crippen LogP contribution is 2.18. The second-order valence-electron chi connectivity index (χ2n) is 5.01. The summed E-state index contributed by atoms with van der Waals surface area (Å²) in [4.78, 5) is 41.5. The number of carboxylic acid groups (broad SMARTS) is 1. The molecule has 2 N–H and O–H groups in total. The predicted molar refractivity (Wildman–Crippen MR) is 87.1 cm³/mol. The van der Waals surface area contributed by atoms with E-state index in [2.05, 4.69) is 10.3 Å². The number of aliphatic carboxylic acids is 1. The molecule has 0 aromatic carbocycles. The Hall–Kier alpha value is -2.48. The molecule has 0 aliphatic rings. The van der Waals surface area contributed by atoms with Gasteiger partial charge in [0.2, 0.25) is 0 Å². The van der Waals surface area contributed by atoms with Gasteiger partial charge in [-0.1, -0.05) is 12.2 Å². The SMILES string of the molecule is C/C=C/CC(NC(=O)c1cnc2sc(C)c(C)n2c1=O)C(=O)O. The maximum atomic E-state index is 12.5. The number of fused-ring (bicyclic) bond motifs is 1. The van der Waals surface area contributed by atoms with Crippen molar-refractivity contribution in [3.8, 4) is 0 Å². The molecule has 0 bridgehead atoms. The molecule has 0 saturated carbocycles. The molecule has 23 heavy (non-hydrogen) atoms. The van der Waals surface area contributed by atoms with Gasteiger partial charge in [0, 0.05) is 16.8 Å². The first-order valence-corrected chi connectivity index (χ1v) is 7.81. The van der Waals surface area contributed by atoms with Crippen molar-refractivity contribution >= 4 is 28.2 Å². The first kappa shape index (κ1) is 16.9. The maximum Gasteiger partial charge on any atom is 0.326 e. The number of nitrogens with zero attached hydrogens (tertiary/aromatic N) is 2. The van der Waals surface area contributed by atoms with Gasteiger partial charge in [0.1, 0.15) is 11.6 Å². The van der Waals surface area contributed by atoms with Gasteiger partial charge in [-0.2, -0.15) is 0 Å². The van der Waals surface area contributed by atoms with Gasteiger partial charge >= 0.3 is 5.97 Å². The van der Waals surface area contributed by atoms with Crippen molar-refractivity contribution in [1.82, 2.24) is 14.7 Å². The van der Waals surface area contributed by atoms with Crippen LogP contribution in [0.4, 0.5) is 0 Å². The zero-order valence-electron chi connectivity index (χ0n) is 13.0. The molecular formula is C15H17N3O4S. The molecule has 0 fully saturated rings. The summed E-state index contributed by atoms with van der Waals surface area (Å²) in [5, 5.41) is 11.5. The largest absolute Gasteiger partial charge is 0.480 e. The third-order valence-electron chi connectivity index (χ3n) is 3.47. The third kappa shape index (κ3) is 3.31. The molecule has 2 aromatic rings. The number of hydrogen-bond acceptors (Lipinski definition) is 5. The van der Waals surface area contributed by atoms with Crippen LogP contribution in [0.2, 0.25) is 0 Å². The Balaban J connectivity index is 2.37. The first-order valence-electron chi connectivity index (χ1n) is 6.99. The number of carboxylic acids is 1. The summed E-state index contributed by atoms with van der Waals surface area (Å²) in [6, 6.07) is -1.09. The van der Waals surface area contributed by atoms with E-state index in [0.717, 1.165) is 10.6 Å². The lowest BCUT2D eigenvalue weighted by Gasteiger charge is -2.12. The molecule has 2 rings (SSSR count). The van der Waals surface area contributed by atoms with Gasteiger partial charge in [-0.15, -0.1) is 11.3 Å². The lowest BCUT2D eigenvalue weighted by molar-refractivity contribution is -0.139. The molecule has 0 radical (unpaired) electrons. The lowest BCUT2D eigenvalue weighted by atomic mass is 10.2. The van der Waals surface area contributed by atoms with Crippen LogP contribution in [0.5, 0.6) is 0 Å². The van der Waals surface area contributed by atoms with E-state index < -0.39 is 23.5 Å². The maximum absolute atomic E-state index is 12.5. The van der Waals surface area contributed by atoms with Crippen molar-refractivity contribution in [3.63, 3.8) is 0 Å². The molecule has 1 amide bonds. The Morgan fingerprint density at radius 1 is 1.48 bits per heavy atom. The summed E-state index contributed by atoms with van der Waals surface area (Å²) in [6.07, 6.45) is 4.67. The topological polar surface area (TPSA) is 101 Å². The standard InChI is InChI=1S/C15H17N3O4S/c1-4-5-6-11(14(21)22)17-12(19)10-7-16-15-18(13(10)20)8(2)9(3)23-15/h4-5,7,11H,6H2,1-3H3,(H,17,19)(H,21,22)/b5-4+. The number of hydrogen-bond donors (Lipinski definition) is 2. The Kier molecular flexibility index (Phi) is 4.95. The number of amides is 1. The average molecular weight is 335 g/mol. The van der Waals surface area contributed by atoms with E-state index in [9.17, 15) is 14.4 Å². The zero-order valence-corrected chi connectivity index (χ0v) is 13.8. The Labute approximate surface area is 136 Å². The van der Waals surface area contributed by atoms with Crippen LogP contribution in [0, 0.1) is 13.8 Å². The van der Waals surface area contributed by atoms with Gasteiger partial charge in [-0.25, -0.2) is 9.78 Å². The minimum Gasteiger partial charge on any atom is -0.480 e. The number of allylic oxidation sites excluding steroid dienone is 1. The fourth-order valence-corrected chi connectivity index (χ4v) is 2.99. The van der Waals surface area contributed by atoms with Crippen molar-refractivity contribution in [3.05, 3.63) is 44.8 Å². The van der Waals surface area contributed by atoms with Crippen LogP contribution in [0.3, 0.4) is 0 Å². The van der Waals surface area contributed by atoms with Gasteiger partial charge in [-0.3, -0.25) is 14.0 Å². The zero-order chi connectivity index (χ0) is 17.1. The number of aromatic nitrogens is 2. The summed E-state index contributed by atoms with van der Waals surface area (Å²) < 4.78 is 1.37. The van der Waals surface area contributed by atoms with Crippen LogP contribution < -0.4 is 10.9 Å². The van der Waals surface area contributed by atoms with Crippen LogP contribution in [0.1, 0.15) is 34.3 Å². The second kappa shape index (κ2) is 6.74. The first-order chi connectivity index (χ1) is 10.9. The van der Waals surface area contributed by atoms with Crippen molar-refractivity contribution in [2.45, 2.75) is 33.2 Å². The van der Waals surface area contributed by atoms with Gasteiger partial charge in [-0.05, 0) is 27.2 Å². The molecule has 0 aliphatic carbocycles. The van der Waals surface area contributed by atoms with Gasteiger partial charge in [0.25, 0.3) is 11.5 Å². The van der Waals surface area contributed by atoms with E-state index in [1.54, 1.807) is 26.0 Å². The van der Waals surface area contributed by atoms with Gasteiger partial charge in [0.05, 0.1) is 0 Å². The highest BCUT2D eigenvalue weighted by Gasteiger charge is 2.22. The molecule has 2 heterocycles. The van der Waals surface area contributed by atoms with E-state index >= 15 is 0 Å². The molecule has 1 unspecified atom stereocenters. The quantitative estimate of drug-likeness (QED) is 0.807. The summed E-state index contributed by atoms with van der Waals surface area (Å²) >= 11 is 1.36. The molecule has 0 aliphatic heterocycles. The van der Waals surface area contributed by atoms with E-state index in [0.29, 0.717) is 4.96 Å². The smallest absolute Gasteiger partial charge is 0.326 e. The number of carbonyl (C=O) groups excluding carboxylic acids is 1. The Morgan fingerprint density at radius 3 is 2.78 bits per heavy atom. The highest BCUT2D eigenvalue weighted by atomic mass is 32.1. The number of nitrogens with one attached hydrogen (secondary N) is 1. The Bertz CT molecular complexity index is 850. The van der Waals surface area contributed by atoms with Crippen molar-refractivity contribution in [1.29, 1.82) is 0 Å². The molecule has 2 aromatic heterocycles. The second-order valence-corrected chi connectivity index (χ2v) is 6.19. The van der Waals surface area contributed by atoms with Crippen LogP contribution >= 0.6 is 11.3 Å². The fraction of sp³-hybridized carbons (Fsp3) is 0.333. The monoisotopic (exact) mass is 335 g/mol.